The highest BCUT2D eigenvalue weighted by Gasteiger charge is 2.49. The maximum absolute atomic E-state index is 12.7. The average molecular weight is 366 g/mol. The van der Waals surface area contributed by atoms with Crippen molar-refractivity contribution in [2.75, 3.05) is 17.8 Å². The molecule has 3 rings (SSSR count). The summed E-state index contributed by atoms with van der Waals surface area (Å²) in [6, 6.07) is 3.63. The molecule has 1 atom stereocenters. The largest absolute Gasteiger partial charge is 0.465 e. The Kier molecular flexibility index (Phi) is 4.26. The number of esters is 1. The van der Waals surface area contributed by atoms with E-state index >= 15 is 0 Å². The first kappa shape index (κ1) is 15.5. The van der Waals surface area contributed by atoms with Crippen molar-refractivity contribution in [3.05, 3.63) is 28.8 Å². The Bertz CT molecular complexity index is 629. The molecule has 0 aromatic heterocycles. The molecule has 0 saturated heterocycles. The van der Waals surface area contributed by atoms with Crippen LogP contribution in [0.15, 0.2) is 12.1 Å². The summed E-state index contributed by atoms with van der Waals surface area (Å²) in [6.07, 6.45) is 5.53. The van der Waals surface area contributed by atoms with Crippen molar-refractivity contribution in [3.8, 4) is 0 Å². The van der Waals surface area contributed by atoms with Crippen molar-refractivity contribution in [2.45, 2.75) is 43.9 Å². The van der Waals surface area contributed by atoms with Gasteiger partial charge in [-0.15, -0.1) is 0 Å². The number of rotatable bonds is 5. The van der Waals surface area contributed by atoms with E-state index < -0.39 is 5.41 Å². The normalized spacial score (nSPS) is 22.2. The van der Waals surface area contributed by atoms with Gasteiger partial charge in [-0.05, 0) is 55.4 Å². The van der Waals surface area contributed by atoms with Gasteiger partial charge < -0.3 is 10.1 Å². The molecule has 0 bridgehead atoms. The Morgan fingerprint density at radius 3 is 2.95 bits per heavy atom. The number of ether oxygens (including phenoxy) is 1. The topological polar surface area (TPSA) is 55.4 Å². The van der Waals surface area contributed by atoms with Crippen LogP contribution in [0.25, 0.3) is 0 Å². The minimum atomic E-state index is -0.449. The third-order valence-electron chi connectivity index (χ3n) is 4.90. The van der Waals surface area contributed by atoms with E-state index in [1.54, 1.807) is 6.07 Å². The first-order valence-electron chi connectivity index (χ1n) is 7.76. The van der Waals surface area contributed by atoms with Crippen LogP contribution in [0.4, 0.5) is 5.69 Å². The zero-order valence-electron chi connectivity index (χ0n) is 12.7. The van der Waals surface area contributed by atoms with Crippen LogP contribution in [0.5, 0.6) is 0 Å². The van der Waals surface area contributed by atoms with Crippen LogP contribution in [-0.4, -0.2) is 24.3 Å². The van der Waals surface area contributed by atoms with E-state index in [-0.39, 0.29) is 11.9 Å². The lowest BCUT2D eigenvalue weighted by Crippen LogP contribution is -2.37. The minimum Gasteiger partial charge on any atom is -0.465 e. The molecule has 1 amide bonds. The lowest BCUT2D eigenvalue weighted by Gasteiger charge is -2.34. The molecule has 0 saturated carbocycles. The number of carbonyl (C=O) groups is 2. The van der Waals surface area contributed by atoms with Crippen LogP contribution < -0.4 is 5.32 Å². The van der Waals surface area contributed by atoms with E-state index in [2.05, 4.69) is 21.2 Å². The Morgan fingerprint density at radius 1 is 1.41 bits per heavy atom. The Morgan fingerprint density at radius 2 is 2.23 bits per heavy atom. The number of unbranched alkanes of at least 4 members (excludes halogenated alkanes) is 1. The number of nitrogens with one attached hydrogen (secondary N) is 1. The maximum Gasteiger partial charge on any atom is 0.338 e. The van der Waals surface area contributed by atoms with Crippen LogP contribution in [-0.2, 0) is 21.4 Å². The molecular formula is C17H20BrNO3. The van der Waals surface area contributed by atoms with E-state index in [4.69, 9.17) is 4.74 Å². The monoisotopic (exact) mass is 365 g/mol. The Balaban J connectivity index is 2.08. The molecule has 118 valence electrons. The molecule has 0 radical (unpaired) electrons. The van der Waals surface area contributed by atoms with Crippen molar-refractivity contribution in [1.29, 1.82) is 0 Å². The lowest BCUT2D eigenvalue weighted by atomic mass is 9.67. The first-order valence-corrected chi connectivity index (χ1v) is 8.88. The van der Waals surface area contributed by atoms with Crippen molar-refractivity contribution < 1.29 is 14.3 Å². The SMILES string of the molecule is COC(=O)c1ccc2c3c1CCCC3(CCCCBr)C(=O)N2. The molecule has 4 nitrogen and oxygen atoms in total. The van der Waals surface area contributed by atoms with Gasteiger partial charge in [0, 0.05) is 11.0 Å². The number of carbonyl (C=O) groups excluding carboxylic acids is 2. The highest BCUT2D eigenvalue weighted by molar-refractivity contribution is 9.09. The number of halogens is 1. The fraction of sp³-hybridized carbons (Fsp3) is 0.529. The summed E-state index contributed by atoms with van der Waals surface area (Å²) in [6.45, 7) is 0. The number of amides is 1. The number of hydrogen-bond donors (Lipinski definition) is 1. The van der Waals surface area contributed by atoms with Gasteiger partial charge in [0.25, 0.3) is 0 Å². The molecular weight excluding hydrogens is 346 g/mol. The predicted molar refractivity (Wildman–Crippen MR) is 88.7 cm³/mol. The molecule has 1 N–H and O–H groups in total. The fourth-order valence-electron chi connectivity index (χ4n) is 3.91. The smallest absolute Gasteiger partial charge is 0.338 e. The number of benzene rings is 1. The molecule has 22 heavy (non-hydrogen) atoms. The maximum atomic E-state index is 12.7. The van der Waals surface area contributed by atoms with Crippen molar-refractivity contribution >= 4 is 33.5 Å². The van der Waals surface area contributed by atoms with E-state index in [0.29, 0.717) is 5.56 Å². The molecule has 1 heterocycles. The van der Waals surface area contributed by atoms with E-state index in [1.807, 2.05) is 6.07 Å². The third kappa shape index (κ3) is 2.26. The van der Waals surface area contributed by atoms with E-state index in [0.717, 1.165) is 60.7 Å². The molecule has 0 spiro atoms. The van der Waals surface area contributed by atoms with Crippen molar-refractivity contribution in [3.63, 3.8) is 0 Å². The third-order valence-corrected chi connectivity index (χ3v) is 5.46. The second kappa shape index (κ2) is 6.03. The van der Waals surface area contributed by atoms with Gasteiger partial charge in [-0.2, -0.15) is 0 Å². The number of alkyl halides is 1. The predicted octanol–water partition coefficient (Wildman–Crippen LogP) is 3.56. The summed E-state index contributed by atoms with van der Waals surface area (Å²) in [7, 11) is 1.40. The summed E-state index contributed by atoms with van der Waals surface area (Å²) in [5.41, 5.74) is 3.11. The summed E-state index contributed by atoms with van der Waals surface area (Å²) in [4.78, 5) is 24.7. The van der Waals surface area contributed by atoms with Crippen molar-refractivity contribution in [2.24, 2.45) is 0 Å². The quantitative estimate of drug-likeness (QED) is 0.493. The van der Waals surface area contributed by atoms with Gasteiger partial charge in [0.1, 0.15) is 0 Å². The van der Waals surface area contributed by atoms with E-state index in [1.165, 1.54) is 7.11 Å². The van der Waals surface area contributed by atoms with Gasteiger partial charge in [-0.25, -0.2) is 4.79 Å². The van der Waals surface area contributed by atoms with Crippen LogP contribution in [0, 0.1) is 0 Å². The number of hydrogen-bond acceptors (Lipinski definition) is 3. The number of anilines is 1. The van der Waals surface area contributed by atoms with Gasteiger partial charge in [0.05, 0.1) is 18.1 Å². The summed E-state index contributed by atoms with van der Waals surface area (Å²) in [5, 5.41) is 3.98. The van der Waals surface area contributed by atoms with Crippen LogP contribution in [0.1, 0.15) is 53.6 Å². The fourth-order valence-corrected chi connectivity index (χ4v) is 4.30. The second-order valence-corrected chi connectivity index (χ2v) is 6.83. The molecule has 1 aliphatic heterocycles. The standard InChI is InChI=1S/C17H20BrNO3/c1-22-15(20)12-6-7-13-14-11(12)5-4-9-17(14,16(21)19-13)8-2-3-10-18/h6-7H,2-5,8-10H2,1H3,(H,19,21). The Hall–Kier alpha value is -1.36. The minimum absolute atomic E-state index is 0.0973. The first-order chi connectivity index (χ1) is 10.6. The average Bonchev–Trinajstić information content (AvgIpc) is 2.82. The van der Waals surface area contributed by atoms with Gasteiger partial charge in [0.2, 0.25) is 5.91 Å². The molecule has 1 aromatic carbocycles. The van der Waals surface area contributed by atoms with Crippen molar-refractivity contribution in [1.82, 2.24) is 0 Å². The highest BCUT2D eigenvalue weighted by atomic mass is 79.9. The summed E-state index contributed by atoms with van der Waals surface area (Å²) in [5.74, 6) is -0.214. The second-order valence-electron chi connectivity index (χ2n) is 6.04. The van der Waals surface area contributed by atoms with Crippen LogP contribution >= 0.6 is 15.9 Å². The molecule has 0 fully saturated rings. The zero-order valence-corrected chi connectivity index (χ0v) is 14.3. The van der Waals surface area contributed by atoms with Gasteiger partial charge in [-0.3, -0.25) is 4.79 Å². The molecule has 1 aliphatic carbocycles. The number of methoxy groups -OCH3 is 1. The molecule has 2 aliphatic rings. The summed E-state index contributed by atoms with van der Waals surface area (Å²) >= 11 is 3.45. The van der Waals surface area contributed by atoms with Gasteiger partial charge >= 0.3 is 5.97 Å². The van der Waals surface area contributed by atoms with Gasteiger partial charge in [-0.1, -0.05) is 22.4 Å². The summed E-state index contributed by atoms with van der Waals surface area (Å²) < 4.78 is 4.91. The molecule has 1 unspecified atom stereocenters. The van der Waals surface area contributed by atoms with Crippen LogP contribution in [0.2, 0.25) is 0 Å². The molecule has 5 heteroatoms. The highest BCUT2D eigenvalue weighted by Crippen LogP contribution is 2.50. The Labute approximate surface area is 138 Å². The van der Waals surface area contributed by atoms with Gasteiger partial charge in [0.15, 0.2) is 0 Å². The van der Waals surface area contributed by atoms with Crippen LogP contribution in [0.3, 0.4) is 0 Å². The van der Waals surface area contributed by atoms with E-state index in [9.17, 15) is 9.59 Å². The lowest BCUT2D eigenvalue weighted by molar-refractivity contribution is -0.121. The molecule has 1 aromatic rings. The zero-order chi connectivity index (χ0) is 15.7.